The number of rotatable bonds is 5. The monoisotopic (exact) mass is 280 g/mol. The third-order valence-electron chi connectivity index (χ3n) is 3.67. The van der Waals surface area contributed by atoms with Crippen molar-refractivity contribution in [3.8, 4) is 11.8 Å². The summed E-state index contributed by atoms with van der Waals surface area (Å²) in [6.45, 7) is 4.29. The molecule has 0 heterocycles. The van der Waals surface area contributed by atoms with E-state index in [1.807, 2.05) is 56.3 Å². The van der Waals surface area contributed by atoms with Crippen LogP contribution in [0.3, 0.4) is 0 Å². The van der Waals surface area contributed by atoms with Crippen LogP contribution in [0.15, 0.2) is 48.5 Å². The second-order valence-electron chi connectivity index (χ2n) is 5.19. The summed E-state index contributed by atoms with van der Waals surface area (Å²) in [5, 5.41) is 12.7. The highest BCUT2D eigenvalue weighted by Gasteiger charge is 2.31. The average Bonchev–Trinajstić information content (AvgIpc) is 2.53. The first-order valence-electron chi connectivity index (χ1n) is 6.97. The first kappa shape index (κ1) is 15.1. The zero-order chi connectivity index (χ0) is 15.3. The van der Waals surface area contributed by atoms with Crippen molar-refractivity contribution >= 4 is 0 Å². The van der Waals surface area contributed by atoms with E-state index in [0.29, 0.717) is 0 Å². The number of nitriles is 1. The maximum atomic E-state index is 9.64. The Balaban J connectivity index is 2.26. The molecular formula is C18H20N2O. The van der Waals surface area contributed by atoms with Crippen LogP contribution in [0.5, 0.6) is 5.75 Å². The minimum atomic E-state index is -0.850. The van der Waals surface area contributed by atoms with Gasteiger partial charge in [-0.15, -0.1) is 0 Å². The molecule has 0 radical (unpaired) electrons. The number of ether oxygens (including phenoxy) is 1. The molecule has 0 saturated heterocycles. The molecule has 0 fully saturated rings. The summed E-state index contributed by atoms with van der Waals surface area (Å²) in [6.07, 6.45) is 0. The fourth-order valence-electron chi connectivity index (χ4n) is 2.22. The number of likely N-dealkylation sites (N-methyl/N-ethyl adjacent to an activating group) is 1. The molecule has 0 saturated carbocycles. The Labute approximate surface area is 126 Å². The molecule has 0 aliphatic heterocycles. The van der Waals surface area contributed by atoms with Crippen LogP contribution in [0.1, 0.15) is 16.7 Å². The van der Waals surface area contributed by atoms with Crippen molar-refractivity contribution in [2.45, 2.75) is 19.4 Å². The van der Waals surface area contributed by atoms with E-state index in [9.17, 15) is 5.26 Å². The van der Waals surface area contributed by atoms with Gasteiger partial charge in [-0.1, -0.05) is 42.5 Å². The summed E-state index contributed by atoms with van der Waals surface area (Å²) >= 11 is 0. The Morgan fingerprint density at radius 2 is 1.86 bits per heavy atom. The highest BCUT2D eigenvalue weighted by molar-refractivity contribution is 5.37. The molecule has 2 aromatic carbocycles. The van der Waals surface area contributed by atoms with Gasteiger partial charge < -0.3 is 4.74 Å². The van der Waals surface area contributed by atoms with Gasteiger partial charge >= 0.3 is 0 Å². The van der Waals surface area contributed by atoms with Gasteiger partial charge in [-0.3, -0.25) is 5.32 Å². The number of aryl methyl sites for hydroxylation is 2. The molecule has 0 aliphatic rings. The molecule has 0 aliphatic carbocycles. The zero-order valence-electron chi connectivity index (χ0n) is 12.7. The molecule has 1 N–H and O–H groups in total. The first-order valence-corrected chi connectivity index (χ1v) is 6.97. The number of hydrogen-bond acceptors (Lipinski definition) is 3. The van der Waals surface area contributed by atoms with E-state index in [1.165, 1.54) is 0 Å². The van der Waals surface area contributed by atoms with Crippen molar-refractivity contribution in [1.82, 2.24) is 5.32 Å². The summed E-state index contributed by atoms with van der Waals surface area (Å²) in [7, 11) is 1.78. The lowest BCUT2D eigenvalue weighted by molar-refractivity contribution is 0.229. The second kappa shape index (κ2) is 6.43. The Morgan fingerprint density at radius 1 is 1.14 bits per heavy atom. The van der Waals surface area contributed by atoms with Gasteiger partial charge in [0.1, 0.15) is 12.4 Å². The Kier molecular flexibility index (Phi) is 4.62. The molecule has 2 rings (SSSR count). The average molecular weight is 280 g/mol. The SMILES string of the molecule is CNC(C#N)(COc1cc(C)ccc1C)c1ccccc1. The van der Waals surface area contributed by atoms with Crippen molar-refractivity contribution < 1.29 is 4.74 Å². The summed E-state index contributed by atoms with van der Waals surface area (Å²) in [4.78, 5) is 0. The highest BCUT2D eigenvalue weighted by atomic mass is 16.5. The van der Waals surface area contributed by atoms with E-state index >= 15 is 0 Å². The summed E-state index contributed by atoms with van der Waals surface area (Å²) in [5.74, 6) is 0.820. The standard InChI is InChI=1S/C18H20N2O/c1-14-9-10-15(2)17(11-14)21-13-18(12-19,20-3)16-7-5-4-6-8-16/h4-11,20H,13H2,1-3H3. The lowest BCUT2D eigenvalue weighted by atomic mass is 9.92. The lowest BCUT2D eigenvalue weighted by Gasteiger charge is -2.27. The third kappa shape index (κ3) is 3.24. The highest BCUT2D eigenvalue weighted by Crippen LogP contribution is 2.24. The molecule has 0 amide bonds. The van der Waals surface area contributed by atoms with Crippen LogP contribution < -0.4 is 10.1 Å². The van der Waals surface area contributed by atoms with E-state index in [-0.39, 0.29) is 6.61 Å². The Morgan fingerprint density at radius 3 is 2.48 bits per heavy atom. The van der Waals surface area contributed by atoms with E-state index in [0.717, 1.165) is 22.4 Å². The van der Waals surface area contributed by atoms with Crippen molar-refractivity contribution in [2.24, 2.45) is 0 Å². The molecule has 0 spiro atoms. The van der Waals surface area contributed by atoms with Crippen LogP contribution in [-0.4, -0.2) is 13.7 Å². The topological polar surface area (TPSA) is 45.0 Å². The predicted octanol–water partition coefficient (Wildman–Crippen LogP) is 3.32. The van der Waals surface area contributed by atoms with Crippen molar-refractivity contribution in [3.05, 3.63) is 65.2 Å². The fourth-order valence-corrected chi connectivity index (χ4v) is 2.22. The van der Waals surface area contributed by atoms with Crippen molar-refractivity contribution in [3.63, 3.8) is 0 Å². The van der Waals surface area contributed by atoms with Gasteiger partial charge in [0.25, 0.3) is 0 Å². The second-order valence-corrected chi connectivity index (χ2v) is 5.19. The smallest absolute Gasteiger partial charge is 0.166 e. The number of hydrogen-bond donors (Lipinski definition) is 1. The predicted molar refractivity (Wildman–Crippen MR) is 84.2 cm³/mol. The molecule has 0 bridgehead atoms. The third-order valence-corrected chi connectivity index (χ3v) is 3.67. The molecule has 2 aromatic rings. The van der Waals surface area contributed by atoms with Crippen LogP contribution >= 0.6 is 0 Å². The summed E-state index contributed by atoms with van der Waals surface area (Å²) in [5.41, 5.74) is 2.26. The molecule has 0 aromatic heterocycles. The van der Waals surface area contributed by atoms with Crippen molar-refractivity contribution in [2.75, 3.05) is 13.7 Å². The van der Waals surface area contributed by atoms with E-state index < -0.39 is 5.54 Å². The van der Waals surface area contributed by atoms with E-state index in [2.05, 4.69) is 17.5 Å². The van der Waals surface area contributed by atoms with Crippen LogP contribution in [0.2, 0.25) is 0 Å². The van der Waals surface area contributed by atoms with E-state index in [1.54, 1.807) is 7.05 Å². The molecule has 108 valence electrons. The van der Waals surface area contributed by atoms with Crippen molar-refractivity contribution in [1.29, 1.82) is 5.26 Å². The van der Waals surface area contributed by atoms with Gasteiger partial charge in [0.15, 0.2) is 5.54 Å². The van der Waals surface area contributed by atoms with Crippen LogP contribution in [-0.2, 0) is 5.54 Å². The van der Waals surface area contributed by atoms with Crippen LogP contribution in [0.4, 0.5) is 0 Å². The zero-order valence-corrected chi connectivity index (χ0v) is 12.7. The number of benzene rings is 2. The molecule has 21 heavy (non-hydrogen) atoms. The van der Waals surface area contributed by atoms with Crippen LogP contribution in [0.25, 0.3) is 0 Å². The van der Waals surface area contributed by atoms with E-state index in [4.69, 9.17) is 4.74 Å². The number of nitrogens with zero attached hydrogens (tertiary/aromatic N) is 1. The minimum absolute atomic E-state index is 0.258. The minimum Gasteiger partial charge on any atom is -0.490 e. The summed E-state index contributed by atoms with van der Waals surface area (Å²) < 4.78 is 5.93. The molecular weight excluding hydrogens is 260 g/mol. The van der Waals surface area contributed by atoms with Gasteiger partial charge in [0, 0.05) is 0 Å². The normalized spacial score (nSPS) is 13.2. The first-order chi connectivity index (χ1) is 10.1. The van der Waals surface area contributed by atoms with Gasteiger partial charge in [-0.05, 0) is 43.7 Å². The Hall–Kier alpha value is -2.31. The lowest BCUT2D eigenvalue weighted by Crippen LogP contribution is -2.44. The van der Waals surface area contributed by atoms with Gasteiger partial charge in [-0.25, -0.2) is 0 Å². The molecule has 1 atom stereocenters. The largest absolute Gasteiger partial charge is 0.490 e. The molecule has 1 unspecified atom stereocenters. The van der Waals surface area contributed by atoms with Crippen LogP contribution in [0, 0.1) is 25.2 Å². The van der Waals surface area contributed by atoms with Gasteiger partial charge in [0.2, 0.25) is 0 Å². The molecule has 3 heteroatoms. The summed E-state index contributed by atoms with van der Waals surface area (Å²) in [6, 6.07) is 18.1. The van der Waals surface area contributed by atoms with Gasteiger partial charge in [0.05, 0.1) is 6.07 Å². The maximum Gasteiger partial charge on any atom is 0.166 e. The number of nitrogens with one attached hydrogen (secondary N) is 1. The fraction of sp³-hybridized carbons (Fsp3) is 0.278. The van der Waals surface area contributed by atoms with Gasteiger partial charge in [-0.2, -0.15) is 5.26 Å². The quantitative estimate of drug-likeness (QED) is 0.913. The maximum absolute atomic E-state index is 9.64. The molecule has 3 nitrogen and oxygen atoms in total. The Bertz CT molecular complexity index is 646.